The monoisotopic (exact) mass is 236 g/mol. The zero-order valence-corrected chi connectivity index (χ0v) is 9.93. The maximum absolute atomic E-state index is 11.6. The predicted octanol–water partition coefficient (Wildman–Crippen LogP) is 0.600. The molecular weight excluding hydrogens is 220 g/mol. The van der Waals surface area contributed by atoms with Crippen molar-refractivity contribution in [3.8, 4) is 5.75 Å². The van der Waals surface area contributed by atoms with Crippen molar-refractivity contribution in [1.29, 1.82) is 0 Å². The lowest BCUT2D eigenvalue weighted by molar-refractivity contribution is -0.128. The van der Waals surface area contributed by atoms with Gasteiger partial charge in [-0.1, -0.05) is 6.07 Å². The molecule has 0 radical (unpaired) electrons. The van der Waals surface area contributed by atoms with Crippen LogP contribution in [0.25, 0.3) is 0 Å². The molecule has 17 heavy (non-hydrogen) atoms. The van der Waals surface area contributed by atoms with Gasteiger partial charge in [0.05, 0.1) is 0 Å². The van der Waals surface area contributed by atoms with Crippen LogP contribution < -0.4 is 5.32 Å². The van der Waals surface area contributed by atoms with Crippen LogP contribution in [0.1, 0.15) is 16.8 Å². The van der Waals surface area contributed by atoms with Gasteiger partial charge in [-0.2, -0.15) is 0 Å². The number of phenols is 1. The van der Waals surface area contributed by atoms with E-state index in [2.05, 4.69) is 5.32 Å². The highest BCUT2D eigenvalue weighted by molar-refractivity contribution is 5.94. The summed E-state index contributed by atoms with van der Waals surface area (Å²) in [4.78, 5) is 24.3. The van der Waals surface area contributed by atoms with Crippen LogP contribution in [-0.4, -0.2) is 42.5 Å². The second-order valence-electron chi connectivity index (χ2n) is 3.84. The highest BCUT2D eigenvalue weighted by Crippen LogP contribution is 2.10. The highest BCUT2D eigenvalue weighted by Gasteiger charge is 2.07. The highest BCUT2D eigenvalue weighted by atomic mass is 16.3. The van der Waals surface area contributed by atoms with Crippen LogP contribution >= 0.6 is 0 Å². The van der Waals surface area contributed by atoms with Crippen molar-refractivity contribution in [3.05, 3.63) is 29.8 Å². The fourth-order valence-electron chi connectivity index (χ4n) is 1.26. The summed E-state index contributed by atoms with van der Waals surface area (Å²) in [6.07, 6.45) is 0.261. The number of phenolic OH excluding ortho intramolecular Hbond substituents is 1. The van der Waals surface area contributed by atoms with E-state index >= 15 is 0 Å². The van der Waals surface area contributed by atoms with Gasteiger partial charge in [0.25, 0.3) is 5.91 Å². The Morgan fingerprint density at radius 2 is 2.06 bits per heavy atom. The van der Waals surface area contributed by atoms with Crippen LogP contribution in [-0.2, 0) is 4.79 Å². The van der Waals surface area contributed by atoms with Crippen LogP contribution in [0.3, 0.4) is 0 Å². The van der Waals surface area contributed by atoms with E-state index in [0.29, 0.717) is 5.56 Å². The molecule has 0 heterocycles. The fourth-order valence-corrected chi connectivity index (χ4v) is 1.26. The molecular formula is C12H16N2O3. The van der Waals surface area contributed by atoms with Crippen molar-refractivity contribution in [2.45, 2.75) is 6.42 Å². The number of nitrogens with one attached hydrogen (secondary N) is 1. The van der Waals surface area contributed by atoms with Gasteiger partial charge >= 0.3 is 0 Å². The normalized spacial score (nSPS) is 9.76. The van der Waals surface area contributed by atoms with E-state index in [0.717, 1.165) is 0 Å². The first-order valence-corrected chi connectivity index (χ1v) is 5.28. The molecule has 0 fully saturated rings. The Morgan fingerprint density at radius 3 is 2.65 bits per heavy atom. The lowest BCUT2D eigenvalue weighted by atomic mass is 10.2. The lowest BCUT2D eigenvalue weighted by Crippen LogP contribution is -2.30. The average molecular weight is 236 g/mol. The third-order valence-electron chi connectivity index (χ3n) is 2.23. The minimum absolute atomic E-state index is 0.0405. The SMILES string of the molecule is CN(C)C(=O)CCNC(=O)c1cccc(O)c1. The number of amides is 2. The molecule has 1 aromatic carbocycles. The number of carbonyl (C=O) groups excluding carboxylic acids is 2. The molecule has 0 unspecified atom stereocenters. The Morgan fingerprint density at radius 1 is 1.35 bits per heavy atom. The maximum Gasteiger partial charge on any atom is 0.251 e. The quantitative estimate of drug-likeness (QED) is 0.804. The number of hydrogen-bond acceptors (Lipinski definition) is 3. The number of rotatable bonds is 4. The molecule has 0 aliphatic rings. The number of carbonyl (C=O) groups is 2. The van der Waals surface area contributed by atoms with Gasteiger partial charge < -0.3 is 15.3 Å². The van der Waals surface area contributed by atoms with Gasteiger partial charge in [0, 0.05) is 32.6 Å². The Bertz CT molecular complexity index is 416. The summed E-state index contributed by atoms with van der Waals surface area (Å²) in [6, 6.07) is 6.06. The lowest BCUT2D eigenvalue weighted by Gasteiger charge is -2.10. The number of aromatic hydroxyl groups is 1. The summed E-state index contributed by atoms with van der Waals surface area (Å²) >= 11 is 0. The van der Waals surface area contributed by atoms with Gasteiger partial charge in [-0.3, -0.25) is 9.59 Å². The molecule has 1 rings (SSSR count). The topological polar surface area (TPSA) is 69.6 Å². The second kappa shape index (κ2) is 5.89. The summed E-state index contributed by atoms with van der Waals surface area (Å²) < 4.78 is 0. The first-order valence-electron chi connectivity index (χ1n) is 5.28. The first kappa shape index (κ1) is 13.0. The summed E-state index contributed by atoms with van der Waals surface area (Å²) in [7, 11) is 3.33. The van der Waals surface area contributed by atoms with E-state index in [1.807, 2.05) is 0 Å². The molecule has 92 valence electrons. The summed E-state index contributed by atoms with van der Waals surface area (Å²) in [5.74, 6) is -0.296. The Labute approximate surface area is 100 Å². The molecule has 5 nitrogen and oxygen atoms in total. The summed E-state index contributed by atoms with van der Waals surface area (Å²) in [5, 5.41) is 11.8. The smallest absolute Gasteiger partial charge is 0.251 e. The van der Waals surface area contributed by atoms with Gasteiger partial charge in [0.15, 0.2) is 0 Å². The van der Waals surface area contributed by atoms with Crippen molar-refractivity contribution < 1.29 is 14.7 Å². The molecule has 0 bridgehead atoms. The molecule has 1 aromatic rings. The first-order chi connectivity index (χ1) is 8.00. The number of benzene rings is 1. The van der Waals surface area contributed by atoms with Crippen molar-refractivity contribution in [2.24, 2.45) is 0 Å². The molecule has 0 saturated heterocycles. The summed E-state index contributed by atoms with van der Waals surface area (Å²) in [5.41, 5.74) is 0.377. The van der Waals surface area contributed by atoms with Gasteiger partial charge in [0.2, 0.25) is 5.91 Å². The molecule has 2 N–H and O–H groups in total. The largest absolute Gasteiger partial charge is 0.508 e. The third kappa shape index (κ3) is 4.14. The molecule has 5 heteroatoms. The maximum atomic E-state index is 11.6. The Kier molecular flexibility index (Phi) is 4.51. The fraction of sp³-hybridized carbons (Fsp3) is 0.333. The van der Waals surface area contributed by atoms with Crippen molar-refractivity contribution in [3.63, 3.8) is 0 Å². The zero-order chi connectivity index (χ0) is 12.8. The van der Waals surface area contributed by atoms with E-state index in [1.54, 1.807) is 26.2 Å². The van der Waals surface area contributed by atoms with Crippen LogP contribution in [0.2, 0.25) is 0 Å². The molecule has 0 saturated carbocycles. The van der Waals surface area contributed by atoms with Gasteiger partial charge in [-0.15, -0.1) is 0 Å². The van der Waals surface area contributed by atoms with E-state index < -0.39 is 0 Å². The standard InChI is InChI=1S/C12H16N2O3/c1-14(2)11(16)6-7-13-12(17)9-4-3-5-10(15)8-9/h3-5,8,15H,6-7H2,1-2H3,(H,13,17). The van der Waals surface area contributed by atoms with E-state index in [9.17, 15) is 14.7 Å². The van der Waals surface area contributed by atoms with Crippen LogP contribution in [0, 0.1) is 0 Å². The van der Waals surface area contributed by atoms with Gasteiger partial charge in [0.1, 0.15) is 5.75 Å². The molecule has 0 atom stereocenters. The van der Waals surface area contributed by atoms with Gasteiger partial charge in [-0.05, 0) is 18.2 Å². The van der Waals surface area contributed by atoms with Gasteiger partial charge in [-0.25, -0.2) is 0 Å². The third-order valence-corrected chi connectivity index (χ3v) is 2.23. The van der Waals surface area contributed by atoms with Crippen molar-refractivity contribution in [2.75, 3.05) is 20.6 Å². The van der Waals surface area contributed by atoms with E-state index in [1.165, 1.54) is 17.0 Å². The van der Waals surface area contributed by atoms with Crippen molar-refractivity contribution in [1.82, 2.24) is 10.2 Å². The minimum Gasteiger partial charge on any atom is -0.508 e. The van der Waals surface area contributed by atoms with Crippen LogP contribution in [0.5, 0.6) is 5.75 Å². The predicted molar refractivity (Wildman–Crippen MR) is 63.8 cm³/mol. The number of hydrogen-bond donors (Lipinski definition) is 2. The molecule has 2 amide bonds. The molecule has 0 spiro atoms. The number of nitrogens with zero attached hydrogens (tertiary/aromatic N) is 1. The molecule has 0 aliphatic carbocycles. The molecule has 0 aromatic heterocycles. The van der Waals surface area contributed by atoms with E-state index in [4.69, 9.17) is 0 Å². The van der Waals surface area contributed by atoms with Crippen LogP contribution in [0.4, 0.5) is 0 Å². The Hall–Kier alpha value is -2.04. The van der Waals surface area contributed by atoms with Crippen molar-refractivity contribution >= 4 is 11.8 Å². The molecule has 0 aliphatic heterocycles. The minimum atomic E-state index is -0.299. The zero-order valence-electron chi connectivity index (χ0n) is 9.93. The Balaban J connectivity index is 2.43. The second-order valence-corrected chi connectivity index (χ2v) is 3.84. The summed E-state index contributed by atoms with van der Waals surface area (Å²) in [6.45, 7) is 0.283. The average Bonchev–Trinajstić information content (AvgIpc) is 2.28. The van der Waals surface area contributed by atoms with Crippen LogP contribution in [0.15, 0.2) is 24.3 Å². The van der Waals surface area contributed by atoms with E-state index in [-0.39, 0.29) is 30.5 Å².